The van der Waals surface area contributed by atoms with Gasteiger partial charge in [-0.15, -0.1) is 0 Å². The first-order valence-corrected chi connectivity index (χ1v) is 10.9. The zero-order valence-electron chi connectivity index (χ0n) is 17.7. The number of carbonyl (C=O) groups excluding carboxylic acids is 3. The van der Waals surface area contributed by atoms with Gasteiger partial charge in [-0.1, -0.05) is 28.1 Å². The van der Waals surface area contributed by atoms with Gasteiger partial charge in [0.1, 0.15) is 5.75 Å². The molecule has 2 aromatic carbocycles. The molecule has 0 radical (unpaired) electrons. The number of rotatable bonds is 7. The topological polar surface area (TPSA) is 84.9 Å². The van der Waals surface area contributed by atoms with Crippen molar-refractivity contribution in [3.05, 3.63) is 52.0 Å². The maximum atomic E-state index is 12.5. The number of hydrogen-bond donors (Lipinski definition) is 1. The zero-order valence-corrected chi connectivity index (χ0v) is 19.3. The highest BCUT2D eigenvalue weighted by Crippen LogP contribution is 2.33. The molecule has 31 heavy (non-hydrogen) atoms. The SMILES string of the molecule is CCOc1ccccc1N1C[C@H](C(=O)OCC(=O)Nc2ccc(Br)c(C)c2C)CC1=O. The maximum Gasteiger partial charge on any atom is 0.311 e. The van der Waals surface area contributed by atoms with Gasteiger partial charge >= 0.3 is 5.97 Å². The molecule has 0 bridgehead atoms. The van der Waals surface area contributed by atoms with Crippen LogP contribution in [-0.2, 0) is 19.1 Å². The first-order valence-electron chi connectivity index (χ1n) is 10.1. The Labute approximate surface area is 189 Å². The molecule has 1 fully saturated rings. The summed E-state index contributed by atoms with van der Waals surface area (Å²) in [6.45, 7) is 5.96. The lowest BCUT2D eigenvalue weighted by atomic mass is 10.1. The Hall–Kier alpha value is -2.87. The minimum absolute atomic E-state index is 0.0337. The van der Waals surface area contributed by atoms with E-state index in [1.54, 1.807) is 18.2 Å². The minimum Gasteiger partial charge on any atom is -0.492 e. The molecule has 0 aromatic heterocycles. The molecule has 1 aliphatic rings. The summed E-state index contributed by atoms with van der Waals surface area (Å²) in [6.07, 6.45) is 0.0337. The number of esters is 1. The van der Waals surface area contributed by atoms with Crippen molar-refractivity contribution >= 4 is 45.1 Å². The van der Waals surface area contributed by atoms with Crippen molar-refractivity contribution in [2.75, 3.05) is 30.0 Å². The Morgan fingerprint density at radius 2 is 1.90 bits per heavy atom. The normalized spacial score (nSPS) is 15.7. The number of benzene rings is 2. The predicted octanol–water partition coefficient (Wildman–Crippen LogP) is 4.00. The molecule has 1 N–H and O–H groups in total. The van der Waals surface area contributed by atoms with Crippen molar-refractivity contribution in [2.24, 2.45) is 5.92 Å². The molecule has 8 heteroatoms. The van der Waals surface area contributed by atoms with E-state index in [-0.39, 0.29) is 18.9 Å². The van der Waals surface area contributed by atoms with Crippen molar-refractivity contribution in [1.82, 2.24) is 0 Å². The molecule has 0 aliphatic carbocycles. The number of nitrogens with one attached hydrogen (secondary N) is 1. The third-order valence-electron chi connectivity index (χ3n) is 5.25. The van der Waals surface area contributed by atoms with Crippen LogP contribution in [0.15, 0.2) is 40.9 Å². The van der Waals surface area contributed by atoms with Crippen LogP contribution in [0.1, 0.15) is 24.5 Å². The van der Waals surface area contributed by atoms with Crippen LogP contribution >= 0.6 is 15.9 Å². The van der Waals surface area contributed by atoms with E-state index in [0.29, 0.717) is 23.7 Å². The van der Waals surface area contributed by atoms with Crippen molar-refractivity contribution in [3.63, 3.8) is 0 Å². The Morgan fingerprint density at radius 3 is 2.65 bits per heavy atom. The molecule has 2 aromatic rings. The Morgan fingerprint density at radius 1 is 1.16 bits per heavy atom. The van der Waals surface area contributed by atoms with Gasteiger partial charge in [-0.3, -0.25) is 14.4 Å². The summed E-state index contributed by atoms with van der Waals surface area (Å²) in [5.41, 5.74) is 3.24. The van der Waals surface area contributed by atoms with Crippen LogP contribution in [0.4, 0.5) is 11.4 Å². The molecule has 7 nitrogen and oxygen atoms in total. The van der Waals surface area contributed by atoms with Crippen LogP contribution in [0.25, 0.3) is 0 Å². The van der Waals surface area contributed by atoms with Gasteiger partial charge in [0.2, 0.25) is 5.91 Å². The number of carbonyl (C=O) groups is 3. The fourth-order valence-corrected chi connectivity index (χ4v) is 3.85. The molecule has 2 amide bonds. The van der Waals surface area contributed by atoms with E-state index in [1.165, 1.54) is 4.90 Å². The Kier molecular flexibility index (Phi) is 7.33. The van der Waals surface area contributed by atoms with Gasteiger partial charge in [-0.05, 0) is 56.2 Å². The summed E-state index contributed by atoms with van der Waals surface area (Å²) in [5.74, 6) is -1.22. The minimum atomic E-state index is -0.633. The number of nitrogens with zero attached hydrogens (tertiary/aromatic N) is 1. The fraction of sp³-hybridized carbons (Fsp3) is 0.348. The fourth-order valence-electron chi connectivity index (χ4n) is 3.42. The van der Waals surface area contributed by atoms with E-state index in [1.807, 2.05) is 39.0 Å². The van der Waals surface area contributed by atoms with Gasteiger partial charge in [0, 0.05) is 23.1 Å². The van der Waals surface area contributed by atoms with Crippen LogP contribution in [0, 0.1) is 19.8 Å². The van der Waals surface area contributed by atoms with Crippen LogP contribution in [0.2, 0.25) is 0 Å². The first kappa shape index (κ1) is 22.8. The number of hydrogen-bond acceptors (Lipinski definition) is 5. The molecule has 0 spiro atoms. The van der Waals surface area contributed by atoms with Crippen LogP contribution in [0.3, 0.4) is 0 Å². The van der Waals surface area contributed by atoms with E-state index in [2.05, 4.69) is 21.2 Å². The number of halogens is 1. The molecule has 0 unspecified atom stereocenters. The van der Waals surface area contributed by atoms with E-state index in [0.717, 1.165) is 15.6 Å². The Balaban J connectivity index is 1.58. The predicted molar refractivity (Wildman–Crippen MR) is 121 cm³/mol. The van der Waals surface area contributed by atoms with Crippen LogP contribution in [0.5, 0.6) is 5.75 Å². The van der Waals surface area contributed by atoms with Crippen LogP contribution in [-0.4, -0.2) is 37.5 Å². The number of ether oxygens (including phenoxy) is 2. The van der Waals surface area contributed by atoms with Gasteiger partial charge in [-0.25, -0.2) is 0 Å². The molecule has 1 aliphatic heterocycles. The molecule has 164 valence electrons. The average Bonchev–Trinajstić information content (AvgIpc) is 3.14. The molecular weight excluding hydrogens is 464 g/mol. The number of amides is 2. The summed E-state index contributed by atoms with van der Waals surface area (Å²) in [6, 6.07) is 10.8. The third kappa shape index (κ3) is 5.25. The van der Waals surface area contributed by atoms with Crippen molar-refractivity contribution in [3.8, 4) is 5.75 Å². The molecule has 0 saturated carbocycles. The van der Waals surface area contributed by atoms with E-state index >= 15 is 0 Å². The first-order chi connectivity index (χ1) is 14.8. The van der Waals surface area contributed by atoms with Crippen molar-refractivity contribution < 1.29 is 23.9 Å². The zero-order chi connectivity index (χ0) is 22.5. The van der Waals surface area contributed by atoms with Gasteiger partial charge in [0.15, 0.2) is 6.61 Å². The highest BCUT2D eigenvalue weighted by atomic mass is 79.9. The average molecular weight is 489 g/mol. The van der Waals surface area contributed by atoms with Gasteiger partial charge in [0.05, 0.1) is 18.2 Å². The summed E-state index contributed by atoms with van der Waals surface area (Å²) < 4.78 is 11.7. The Bertz CT molecular complexity index is 1010. The second-order valence-electron chi connectivity index (χ2n) is 7.31. The molecule has 1 heterocycles. The lowest BCUT2D eigenvalue weighted by Crippen LogP contribution is -2.28. The molecule has 3 rings (SSSR count). The largest absolute Gasteiger partial charge is 0.492 e. The van der Waals surface area contributed by atoms with Crippen molar-refractivity contribution in [1.29, 1.82) is 0 Å². The number of para-hydroxylation sites is 2. The van der Waals surface area contributed by atoms with E-state index in [4.69, 9.17) is 9.47 Å². The highest BCUT2D eigenvalue weighted by molar-refractivity contribution is 9.10. The van der Waals surface area contributed by atoms with Gasteiger partial charge in [-0.2, -0.15) is 0 Å². The van der Waals surface area contributed by atoms with E-state index < -0.39 is 24.4 Å². The molecule has 1 atom stereocenters. The van der Waals surface area contributed by atoms with Crippen LogP contribution < -0.4 is 15.0 Å². The lowest BCUT2D eigenvalue weighted by Gasteiger charge is -2.20. The summed E-state index contributed by atoms with van der Waals surface area (Å²) in [7, 11) is 0. The summed E-state index contributed by atoms with van der Waals surface area (Å²) in [5, 5.41) is 2.76. The summed E-state index contributed by atoms with van der Waals surface area (Å²) >= 11 is 3.45. The second-order valence-corrected chi connectivity index (χ2v) is 8.16. The third-order valence-corrected chi connectivity index (χ3v) is 6.11. The maximum absolute atomic E-state index is 12.5. The van der Waals surface area contributed by atoms with E-state index in [9.17, 15) is 14.4 Å². The quantitative estimate of drug-likeness (QED) is 0.595. The highest BCUT2D eigenvalue weighted by Gasteiger charge is 2.37. The van der Waals surface area contributed by atoms with Gasteiger partial charge in [0.25, 0.3) is 5.91 Å². The smallest absolute Gasteiger partial charge is 0.311 e. The van der Waals surface area contributed by atoms with Crippen molar-refractivity contribution in [2.45, 2.75) is 27.2 Å². The number of anilines is 2. The summed E-state index contributed by atoms with van der Waals surface area (Å²) in [4.78, 5) is 38.8. The van der Waals surface area contributed by atoms with Gasteiger partial charge < -0.3 is 19.7 Å². The molecular formula is C23H25BrN2O5. The molecule has 1 saturated heterocycles. The monoisotopic (exact) mass is 488 g/mol. The lowest BCUT2D eigenvalue weighted by molar-refractivity contribution is -0.151. The second kappa shape index (κ2) is 9.96. The standard InChI is InChI=1S/C23H25BrN2O5/c1-4-30-20-8-6-5-7-19(20)26-12-16(11-22(26)28)23(29)31-13-21(27)25-18-10-9-17(24)14(2)15(18)3/h5-10,16H,4,11-13H2,1-3H3,(H,25,27)/t16-/m1/s1.